The zero-order chi connectivity index (χ0) is 17.8. The molecule has 25 heavy (non-hydrogen) atoms. The molecule has 1 heterocycles. The molecule has 4 nitrogen and oxygen atoms in total. The van der Waals surface area contributed by atoms with Crippen molar-refractivity contribution in [2.75, 3.05) is 7.11 Å². The molecule has 2 aromatic carbocycles. The van der Waals surface area contributed by atoms with Crippen LogP contribution in [0, 0.1) is 0 Å². The van der Waals surface area contributed by atoms with Gasteiger partial charge in [0.1, 0.15) is 0 Å². The normalized spacial score (nSPS) is 13.3. The molecule has 3 N–H and O–H groups in total. The number of pyridine rings is 1. The van der Waals surface area contributed by atoms with E-state index in [9.17, 15) is 5.11 Å². The van der Waals surface area contributed by atoms with E-state index in [2.05, 4.69) is 4.98 Å². The highest BCUT2D eigenvalue weighted by Crippen LogP contribution is 2.29. The van der Waals surface area contributed by atoms with Crippen LogP contribution in [0.2, 0.25) is 5.02 Å². The number of hydrogen-bond acceptors (Lipinski definition) is 4. The molecule has 0 fully saturated rings. The Kier molecular flexibility index (Phi) is 5.34. The van der Waals surface area contributed by atoms with E-state index < -0.39 is 12.1 Å². The first-order chi connectivity index (χ1) is 12.1. The van der Waals surface area contributed by atoms with Crippen LogP contribution < -0.4 is 10.5 Å². The lowest BCUT2D eigenvalue weighted by Crippen LogP contribution is -2.19. The Hall–Kier alpha value is -2.40. The van der Waals surface area contributed by atoms with Crippen LogP contribution in [-0.4, -0.2) is 17.2 Å². The molecule has 2 unspecified atom stereocenters. The molecule has 3 aromatic rings. The predicted molar refractivity (Wildman–Crippen MR) is 99.6 cm³/mol. The molecule has 0 radical (unpaired) electrons. The van der Waals surface area contributed by atoms with E-state index in [0.29, 0.717) is 10.9 Å². The second-order valence-electron chi connectivity index (χ2n) is 5.73. The molecule has 1 aromatic heterocycles. The largest absolute Gasteiger partial charge is 0.481 e. The fourth-order valence-electron chi connectivity index (χ4n) is 2.62. The lowest BCUT2D eigenvalue weighted by molar-refractivity contribution is 0.147. The van der Waals surface area contributed by atoms with E-state index in [4.69, 9.17) is 22.1 Å². The SMILES string of the molecule is COc1ccc(-c2ccc(C(O)C(N)c3ccc(Cl)cc3)cc2)cn1. The second kappa shape index (κ2) is 7.66. The number of aromatic nitrogens is 1. The first-order valence-corrected chi connectivity index (χ1v) is 8.26. The van der Waals surface area contributed by atoms with E-state index in [0.717, 1.165) is 22.3 Å². The van der Waals surface area contributed by atoms with Gasteiger partial charge in [0, 0.05) is 22.8 Å². The summed E-state index contributed by atoms with van der Waals surface area (Å²) in [6, 6.07) is 18.1. The molecule has 0 aliphatic heterocycles. The maximum absolute atomic E-state index is 10.6. The summed E-state index contributed by atoms with van der Waals surface area (Å²) in [4.78, 5) is 4.20. The van der Waals surface area contributed by atoms with Gasteiger partial charge in [-0.1, -0.05) is 48.0 Å². The quantitative estimate of drug-likeness (QED) is 0.722. The van der Waals surface area contributed by atoms with E-state index in [1.54, 1.807) is 25.4 Å². The van der Waals surface area contributed by atoms with Gasteiger partial charge in [-0.15, -0.1) is 0 Å². The number of benzene rings is 2. The molecule has 0 saturated carbocycles. The first kappa shape index (κ1) is 17.4. The van der Waals surface area contributed by atoms with Crippen molar-refractivity contribution >= 4 is 11.6 Å². The number of aliphatic hydroxyl groups is 1. The van der Waals surface area contributed by atoms with Crippen molar-refractivity contribution in [1.29, 1.82) is 0 Å². The topological polar surface area (TPSA) is 68.4 Å². The molecule has 0 bridgehead atoms. The average Bonchev–Trinajstić information content (AvgIpc) is 2.67. The lowest BCUT2D eigenvalue weighted by Gasteiger charge is -2.20. The Morgan fingerprint density at radius 1 is 0.920 bits per heavy atom. The van der Waals surface area contributed by atoms with Crippen LogP contribution in [0.5, 0.6) is 5.88 Å². The van der Waals surface area contributed by atoms with E-state index in [-0.39, 0.29) is 0 Å². The average molecular weight is 355 g/mol. The molecule has 0 saturated heterocycles. The zero-order valence-corrected chi connectivity index (χ0v) is 14.5. The zero-order valence-electron chi connectivity index (χ0n) is 13.8. The molecule has 0 aliphatic rings. The Morgan fingerprint density at radius 2 is 1.52 bits per heavy atom. The van der Waals surface area contributed by atoms with Crippen molar-refractivity contribution in [3.8, 4) is 17.0 Å². The highest BCUT2D eigenvalue weighted by Gasteiger charge is 2.18. The van der Waals surface area contributed by atoms with Gasteiger partial charge in [0.25, 0.3) is 0 Å². The third kappa shape index (κ3) is 3.99. The number of halogens is 1. The predicted octanol–water partition coefficient (Wildman–Crippen LogP) is 4.14. The molecule has 3 rings (SSSR count). The fraction of sp³-hybridized carbons (Fsp3) is 0.150. The van der Waals surface area contributed by atoms with Gasteiger partial charge in [-0.2, -0.15) is 0 Å². The number of nitrogens with zero attached hydrogens (tertiary/aromatic N) is 1. The van der Waals surface area contributed by atoms with Crippen molar-refractivity contribution < 1.29 is 9.84 Å². The monoisotopic (exact) mass is 354 g/mol. The summed E-state index contributed by atoms with van der Waals surface area (Å²) >= 11 is 5.89. The van der Waals surface area contributed by atoms with Crippen molar-refractivity contribution in [3.05, 3.63) is 83.0 Å². The summed E-state index contributed by atoms with van der Waals surface area (Å²) < 4.78 is 5.07. The smallest absolute Gasteiger partial charge is 0.212 e. The van der Waals surface area contributed by atoms with E-state index >= 15 is 0 Å². The minimum Gasteiger partial charge on any atom is -0.481 e. The molecule has 5 heteroatoms. The Morgan fingerprint density at radius 3 is 2.08 bits per heavy atom. The van der Waals surface area contributed by atoms with Gasteiger partial charge < -0.3 is 15.6 Å². The van der Waals surface area contributed by atoms with Crippen molar-refractivity contribution in [2.24, 2.45) is 5.73 Å². The first-order valence-electron chi connectivity index (χ1n) is 7.88. The molecule has 0 spiro atoms. The van der Waals surface area contributed by atoms with Gasteiger partial charge in [0.05, 0.1) is 19.3 Å². The van der Waals surface area contributed by atoms with Crippen LogP contribution in [0.15, 0.2) is 66.9 Å². The van der Waals surface area contributed by atoms with Crippen molar-refractivity contribution in [3.63, 3.8) is 0 Å². The van der Waals surface area contributed by atoms with Gasteiger partial charge in [-0.05, 0) is 34.9 Å². The summed E-state index contributed by atoms with van der Waals surface area (Å²) in [7, 11) is 1.59. The van der Waals surface area contributed by atoms with Crippen LogP contribution in [0.1, 0.15) is 23.3 Å². The number of aliphatic hydroxyl groups excluding tert-OH is 1. The summed E-state index contributed by atoms with van der Waals surface area (Å²) in [5.41, 5.74) is 9.76. The minimum absolute atomic E-state index is 0.522. The van der Waals surface area contributed by atoms with E-state index in [1.165, 1.54) is 0 Å². The van der Waals surface area contributed by atoms with Crippen LogP contribution in [0.25, 0.3) is 11.1 Å². The van der Waals surface area contributed by atoms with Crippen molar-refractivity contribution in [2.45, 2.75) is 12.1 Å². The maximum atomic E-state index is 10.6. The van der Waals surface area contributed by atoms with Gasteiger partial charge >= 0.3 is 0 Å². The Bertz CT molecular complexity index is 818. The summed E-state index contributed by atoms with van der Waals surface area (Å²) in [5, 5.41) is 11.2. The molecular formula is C20H19ClN2O2. The number of nitrogens with two attached hydrogens (primary N) is 1. The standard InChI is InChI=1S/C20H19ClN2O2/c1-25-18-11-8-16(12-23-18)13-2-4-15(5-3-13)20(24)19(22)14-6-9-17(21)10-7-14/h2-12,19-20,24H,22H2,1H3. The highest BCUT2D eigenvalue weighted by molar-refractivity contribution is 6.30. The lowest BCUT2D eigenvalue weighted by atomic mass is 9.95. The number of methoxy groups -OCH3 is 1. The third-order valence-corrected chi connectivity index (χ3v) is 4.38. The Labute approximate surface area is 151 Å². The molecular weight excluding hydrogens is 336 g/mol. The number of rotatable bonds is 5. The summed E-state index contributed by atoms with van der Waals surface area (Å²) in [6.45, 7) is 0. The molecule has 0 aliphatic carbocycles. The van der Waals surface area contributed by atoms with Crippen LogP contribution in [0.4, 0.5) is 0 Å². The number of ether oxygens (including phenoxy) is 1. The van der Waals surface area contributed by atoms with Crippen LogP contribution >= 0.6 is 11.6 Å². The van der Waals surface area contributed by atoms with Gasteiger partial charge in [-0.3, -0.25) is 0 Å². The fourth-order valence-corrected chi connectivity index (χ4v) is 2.75. The van der Waals surface area contributed by atoms with Gasteiger partial charge in [0.2, 0.25) is 5.88 Å². The molecule has 2 atom stereocenters. The molecule has 0 amide bonds. The minimum atomic E-state index is -0.802. The summed E-state index contributed by atoms with van der Waals surface area (Å²) in [5.74, 6) is 0.574. The summed E-state index contributed by atoms with van der Waals surface area (Å²) in [6.07, 6.45) is 0.952. The van der Waals surface area contributed by atoms with Gasteiger partial charge in [-0.25, -0.2) is 4.98 Å². The van der Waals surface area contributed by atoms with Crippen LogP contribution in [0.3, 0.4) is 0 Å². The third-order valence-electron chi connectivity index (χ3n) is 4.13. The van der Waals surface area contributed by atoms with E-state index in [1.807, 2.05) is 48.5 Å². The Balaban J connectivity index is 1.77. The second-order valence-corrected chi connectivity index (χ2v) is 6.17. The highest BCUT2D eigenvalue weighted by atomic mass is 35.5. The van der Waals surface area contributed by atoms with Crippen LogP contribution in [-0.2, 0) is 0 Å². The molecule has 128 valence electrons. The van der Waals surface area contributed by atoms with Gasteiger partial charge in [0.15, 0.2) is 0 Å². The maximum Gasteiger partial charge on any atom is 0.212 e. The number of hydrogen-bond donors (Lipinski definition) is 2. The van der Waals surface area contributed by atoms with Crippen molar-refractivity contribution in [1.82, 2.24) is 4.98 Å².